The van der Waals surface area contributed by atoms with Crippen molar-refractivity contribution in [1.82, 2.24) is 4.57 Å². The summed E-state index contributed by atoms with van der Waals surface area (Å²) in [5.41, 5.74) is 2.73. The van der Waals surface area contributed by atoms with Crippen molar-refractivity contribution in [3.05, 3.63) is 116 Å². The van der Waals surface area contributed by atoms with Gasteiger partial charge in [-0.25, -0.2) is 0 Å². The van der Waals surface area contributed by atoms with Gasteiger partial charge in [0.15, 0.2) is 0 Å². The third-order valence-corrected chi connectivity index (χ3v) is 6.26. The lowest BCUT2D eigenvalue weighted by molar-refractivity contribution is 0.0998. The molecule has 0 bridgehead atoms. The third-order valence-electron chi connectivity index (χ3n) is 4.99. The van der Waals surface area contributed by atoms with Crippen molar-refractivity contribution < 1.29 is 4.79 Å². The van der Waals surface area contributed by atoms with Gasteiger partial charge in [-0.1, -0.05) is 85.3 Å². The van der Waals surface area contributed by atoms with Crippen molar-refractivity contribution in [2.45, 2.75) is 19.8 Å². The lowest BCUT2D eigenvalue weighted by Crippen LogP contribution is -2.31. The number of hydrogen-bond acceptors (Lipinski definition) is 3. The van der Waals surface area contributed by atoms with Crippen LogP contribution in [-0.4, -0.2) is 10.5 Å². The van der Waals surface area contributed by atoms with Crippen LogP contribution >= 0.6 is 22.9 Å². The number of nitrogens with zero attached hydrogens (tertiary/aromatic N) is 2. The van der Waals surface area contributed by atoms with Crippen molar-refractivity contribution >= 4 is 28.8 Å². The fourth-order valence-corrected chi connectivity index (χ4v) is 4.63. The van der Waals surface area contributed by atoms with E-state index in [9.17, 15) is 9.59 Å². The molecule has 6 heteroatoms. The Morgan fingerprint density at radius 3 is 2.38 bits per heavy atom. The molecular weight excluding hydrogens is 440 g/mol. The second-order valence-electron chi connectivity index (χ2n) is 7.57. The molecule has 0 aliphatic carbocycles. The van der Waals surface area contributed by atoms with E-state index >= 15 is 0 Å². The number of hydrogen-bond donors (Lipinski definition) is 0. The van der Waals surface area contributed by atoms with Crippen LogP contribution in [0.3, 0.4) is 0 Å². The molecule has 4 nitrogen and oxygen atoms in total. The predicted molar refractivity (Wildman–Crippen MR) is 131 cm³/mol. The van der Waals surface area contributed by atoms with Crippen LogP contribution < -0.4 is 10.4 Å². The maximum atomic E-state index is 13.4. The number of benzene rings is 3. The van der Waals surface area contributed by atoms with Gasteiger partial charge in [-0.15, -0.1) is 0 Å². The predicted octanol–water partition coefficient (Wildman–Crippen LogP) is 6.08. The Morgan fingerprint density at radius 1 is 0.938 bits per heavy atom. The molecule has 0 saturated heterocycles. The molecule has 4 rings (SSSR count). The molecule has 0 spiro atoms. The summed E-state index contributed by atoms with van der Waals surface area (Å²) in [6.07, 6.45) is 0. The van der Waals surface area contributed by atoms with E-state index < -0.39 is 5.91 Å². The summed E-state index contributed by atoms with van der Waals surface area (Å²) in [6.45, 7) is 4.14. The first-order valence-corrected chi connectivity index (χ1v) is 11.4. The van der Waals surface area contributed by atoms with Crippen LogP contribution in [0, 0.1) is 0 Å². The zero-order valence-corrected chi connectivity index (χ0v) is 19.2. The molecule has 0 aliphatic heterocycles. The number of amides is 1. The van der Waals surface area contributed by atoms with Crippen LogP contribution in [0.15, 0.2) is 94.7 Å². The molecule has 1 amide bonds. The first kappa shape index (κ1) is 21.9. The van der Waals surface area contributed by atoms with E-state index in [-0.39, 0.29) is 11.5 Å². The zero-order valence-electron chi connectivity index (χ0n) is 17.7. The molecule has 32 heavy (non-hydrogen) atoms. The first-order valence-electron chi connectivity index (χ1n) is 10.2. The summed E-state index contributed by atoms with van der Waals surface area (Å²) < 4.78 is 1.52. The summed E-state index contributed by atoms with van der Waals surface area (Å²) in [7, 11) is 0. The molecule has 0 fully saturated rings. The van der Waals surface area contributed by atoms with Gasteiger partial charge in [-0.2, -0.15) is 4.99 Å². The summed E-state index contributed by atoms with van der Waals surface area (Å²) in [4.78, 5) is 31.7. The van der Waals surface area contributed by atoms with Crippen LogP contribution in [0.1, 0.15) is 35.7 Å². The SMILES string of the molecule is CC(C)c1ccccc1-n1c(=O)cc(-c2cccc(Cl)c2)s/c1=N\C(=O)c1ccccc1. The smallest absolute Gasteiger partial charge is 0.269 e. The van der Waals surface area contributed by atoms with Gasteiger partial charge >= 0.3 is 0 Å². The Bertz CT molecular complexity index is 1410. The molecule has 0 N–H and O–H groups in total. The molecule has 0 unspecified atom stereocenters. The largest absolute Gasteiger partial charge is 0.279 e. The van der Waals surface area contributed by atoms with Gasteiger partial charge in [-0.05, 0) is 47.4 Å². The van der Waals surface area contributed by atoms with Crippen molar-refractivity contribution in [1.29, 1.82) is 0 Å². The van der Waals surface area contributed by atoms with Crippen molar-refractivity contribution in [2.75, 3.05) is 0 Å². The molecule has 1 heterocycles. The van der Waals surface area contributed by atoms with Crippen LogP contribution in [0.4, 0.5) is 0 Å². The highest BCUT2D eigenvalue weighted by molar-refractivity contribution is 7.12. The topological polar surface area (TPSA) is 51.4 Å². The highest BCUT2D eigenvalue weighted by Gasteiger charge is 2.14. The fraction of sp³-hybridized carbons (Fsp3) is 0.115. The molecule has 0 atom stereocenters. The van der Waals surface area contributed by atoms with Gasteiger partial charge < -0.3 is 0 Å². The van der Waals surface area contributed by atoms with Gasteiger partial charge in [0.1, 0.15) is 0 Å². The Labute approximate surface area is 195 Å². The first-order chi connectivity index (χ1) is 15.4. The van der Waals surface area contributed by atoms with Crippen LogP contribution in [0.5, 0.6) is 0 Å². The Balaban J connectivity index is 2.01. The second-order valence-corrected chi connectivity index (χ2v) is 9.02. The average Bonchev–Trinajstić information content (AvgIpc) is 2.79. The minimum absolute atomic E-state index is 0.188. The number of para-hydroxylation sites is 1. The number of carbonyl (C=O) groups excluding carboxylic acids is 1. The quantitative estimate of drug-likeness (QED) is 0.370. The fourth-order valence-electron chi connectivity index (χ4n) is 3.43. The summed E-state index contributed by atoms with van der Waals surface area (Å²) in [5, 5.41) is 0.572. The van der Waals surface area contributed by atoms with Gasteiger partial charge in [0, 0.05) is 21.5 Å². The van der Waals surface area contributed by atoms with E-state index in [4.69, 9.17) is 11.6 Å². The maximum Gasteiger partial charge on any atom is 0.279 e. The molecule has 0 aliphatic rings. The van der Waals surface area contributed by atoms with Gasteiger partial charge in [-0.3, -0.25) is 14.2 Å². The minimum Gasteiger partial charge on any atom is -0.269 e. The Hall–Kier alpha value is -3.28. The number of carbonyl (C=O) groups is 1. The number of aromatic nitrogens is 1. The van der Waals surface area contributed by atoms with Crippen molar-refractivity contribution in [3.8, 4) is 16.1 Å². The summed E-state index contributed by atoms with van der Waals surface area (Å²) in [5.74, 6) is -0.214. The minimum atomic E-state index is -0.403. The molecule has 0 saturated carbocycles. The van der Waals surface area contributed by atoms with Gasteiger partial charge in [0.05, 0.1) is 5.69 Å². The number of halogens is 1. The monoisotopic (exact) mass is 460 g/mol. The summed E-state index contributed by atoms with van der Waals surface area (Å²) >= 11 is 7.45. The normalized spacial score (nSPS) is 11.7. The van der Waals surface area contributed by atoms with E-state index in [0.29, 0.717) is 20.3 Å². The molecule has 3 aromatic carbocycles. The van der Waals surface area contributed by atoms with Gasteiger partial charge in [0.2, 0.25) is 4.80 Å². The lowest BCUT2D eigenvalue weighted by atomic mass is 10.0. The lowest BCUT2D eigenvalue weighted by Gasteiger charge is -2.15. The standard InChI is InChI=1S/C26H21ClN2O2S/c1-17(2)21-13-6-7-14-22(21)29-24(30)16-23(19-11-8-12-20(27)15-19)32-26(29)28-25(31)18-9-4-3-5-10-18/h3-17H,1-2H3/b28-26-. The third kappa shape index (κ3) is 4.64. The van der Waals surface area contributed by atoms with E-state index in [1.807, 2.05) is 42.5 Å². The van der Waals surface area contributed by atoms with Crippen molar-refractivity contribution in [2.24, 2.45) is 4.99 Å². The molecule has 0 radical (unpaired) electrons. The zero-order chi connectivity index (χ0) is 22.7. The molecule has 1 aromatic heterocycles. The van der Waals surface area contributed by atoms with Crippen LogP contribution in [0.25, 0.3) is 16.1 Å². The maximum absolute atomic E-state index is 13.4. The Kier molecular flexibility index (Phi) is 6.49. The van der Waals surface area contributed by atoms with E-state index in [0.717, 1.165) is 16.8 Å². The summed E-state index contributed by atoms with van der Waals surface area (Å²) in [6, 6.07) is 25.4. The van der Waals surface area contributed by atoms with Crippen molar-refractivity contribution in [3.63, 3.8) is 0 Å². The highest BCUT2D eigenvalue weighted by Crippen LogP contribution is 2.25. The highest BCUT2D eigenvalue weighted by atomic mass is 35.5. The average molecular weight is 461 g/mol. The van der Waals surface area contributed by atoms with E-state index in [1.165, 1.54) is 15.9 Å². The molecule has 160 valence electrons. The van der Waals surface area contributed by atoms with E-state index in [2.05, 4.69) is 18.8 Å². The van der Waals surface area contributed by atoms with Crippen LogP contribution in [-0.2, 0) is 0 Å². The Morgan fingerprint density at radius 2 is 1.66 bits per heavy atom. The second kappa shape index (κ2) is 9.47. The molecular formula is C26H21ClN2O2S. The molecule has 4 aromatic rings. The number of rotatable bonds is 4. The van der Waals surface area contributed by atoms with E-state index in [1.54, 1.807) is 42.5 Å². The van der Waals surface area contributed by atoms with Crippen LogP contribution in [0.2, 0.25) is 5.02 Å². The van der Waals surface area contributed by atoms with Gasteiger partial charge in [0.25, 0.3) is 11.5 Å².